The molecule has 0 N–H and O–H groups in total. The van der Waals surface area contributed by atoms with Crippen molar-refractivity contribution in [2.24, 2.45) is 11.8 Å². The molecule has 0 amide bonds. The fourth-order valence-electron chi connectivity index (χ4n) is 1.90. The largest absolute Gasteiger partial charge is 0.300 e. The Balaban J connectivity index is 2.85. The number of hydrogen-bond donors (Lipinski definition) is 0. The highest BCUT2D eigenvalue weighted by Crippen LogP contribution is 2.18. The van der Waals surface area contributed by atoms with Crippen LogP contribution in [0.4, 0.5) is 0 Å². The molecule has 16 heavy (non-hydrogen) atoms. The SMILES string of the molecule is CC(=O)C(Cc1ncnn1C(C)C)C(C)C. The Morgan fingerprint density at radius 2 is 2.00 bits per heavy atom. The van der Waals surface area contributed by atoms with Gasteiger partial charge in [0.2, 0.25) is 0 Å². The van der Waals surface area contributed by atoms with Crippen LogP contribution in [0.5, 0.6) is 0 Å². The molecule has 0 aromatic carbocycles. The summed E-state index contributed by atoms with van der Waals surface area (Å²) in [6, 6.07) is 0.289. The van der Waals surface area contributed by atoms with Crippen LogP contribution in [0, 0.1) is 11.8 Å². The molecule has 0 bridgehead atoms. The van der Waals surface area contributed by atoms with Crippen LogP contribution in [-0.2, 0) is 11.2 Å². The Morgan fingerprint density at radius 3 is 2.44 bits per heavy atom. The lowest BCUT2D eigenvalue weighted by Gasteiger charge is -2.18. The average Bonchev–Trinajstić information content (AvgIpc) is 2.60. The molecule has 1 aromatic heterocycles. The maximum absolute atomic E-state index is 11.5. The predicted octanol–water partition coefficient (Wildman–Crippen LogP) is 2.26. The van der Waals surface area contributed by atoms with Crippen LogP contribution in [0.3, 0.4) is 0 Å². The van der Waals surface area contributed by atoms with E-state index < -0.39 is 0 Å². The number of carbonyl (C=O) groups is 1. The molecule has 1 atom stereocenters. The van der Waals surface area contributed by atoms with E-state index in [2.05, 4.69) is 37.8 Å². The van der Waals surface area contributed by atoms with Gasteiger partial charge in [-0.1, -0.05) is 13.8 Å². The molecular formula is C12H21N3O. The van der Waals surface area contributed by atoms with Gasteiger partial charge in [-0.05, 0) is 26.7 Å². The van der Waals surface area contributed by atoms with Crippen LogP contribution in [0.15, 0.2) is 6.33 Å². The van der Waals surface area contributed by atoms with Crippen molar-refractivity contribution in [2.75, 3.05) is 0 Å². The Bertz CT molecular complexity index is 355. The second-order valence-corrected chi connectivity index (χ2v) is 4.88. The summed E-state index contributed by atoms with van der Waals surface area (Å²) in [7, 11) is 0. The summed E-state index contributed by atoms with van der Waals surface area (Å²) >= 11 is 0. The average molecular weight is 223 g/mol. The smallest absolute Gasteiger partial charge is 0.138 e. The zero-order valence-corrected chi connectivity index (χ0v) is 10.8. The first-order valence-electron chi connectivity index (χ1n) is 5.82. The quantitative estimate of drug-likeness (QED) is 0.769. The third kappa shape index (κ3) is 2.90. The molecule has 0 aliphatic rings. The Labute approximate surface area is 97.1 Å². The second kappa shape index (κ2) is 5.23. The van der Waals surface area contributed by atoms with Gasteiger partial charge in [-0.15, -0.1) is 0 Å². The van der Waals surface area contributed by atoms with Crippen molar-refractivity contribution in [1.82, 2.24) is 14.8 Å². The monoisotopic (exact) mass is 223 g/mol. The third-order valence-corrected chi connectivity index (χ3v) is 2.87. The molecule has 0 aliphatic carbocycles. The van der Waals surface area contributed by atoms with E-state index in [4.69, 9.17) is 0 Å². The molecule has 1 unspecified atom stereocenters. The topological polar surface area (TPSA) is 47.8 Å². The van der Waals surface area contributed by atoms with Crippen LogP contribution in [0.25, 0.3) is 0 Å². The summed E-state index contributed by atoms with van der Waals surface area (Å²) in [6.45, 7) is 9.93. The van der Waals surface area contributed by atoms with E-state index in [0.29, 0.717) is 12.3 Å². The molecular weight excluding hydrogens is 202 g/mol. The number of Topliss-reactive ketones (excluding diaryl/α,β-unsaturated/α-hetero) is 1. The number of nitrogens with zero attached hydrogens (tertiary/aromatic N) is 3. The normalized spacial score (nSPS) is 13.4. The van der Waals surface area contributed by atoms with Crippen LogP contribution in [0.2, 0.25) is 0 Å². The molecule has 4 heteroatoms. The minimum atomic E-state index is 0.0432. The number of hydrogen-bond acceptors (Lipinski definition) is 3. The molecule has 90 valence electrons. The molecule has 0 radical (unpaired) electrons. The van der Waals surface area contributed by atoms with Gasteiger partial charge < -0.3 is 0 Å². The van der Waals surface area contributed by atoms with Gasteiger partial charge in [0.15, 0.2) is 0 Å². The summed E-state index contributed by atoms with van der Waals surface area (Å²) in [5.41, 5.74) is 0. The minimum absolute atomic E-state index is 0.0432. The number of aromatic nitrogens is 3. The van der Waals surface area contributed by atoms with Gasteiger partial charge in [0.25, 0.3) is 0 Å². The van der Waals surface area contributed by atoms with Crippen molar-refractivity contribution in [3.8, 4) is 0 Å². The third-order valence-electron chi connectivity index (χ3n) is 2.87. The second-order valence-electron chi connectivity index (χ2n) is 4.88. The Hall–Kier alpha value is -1.19. The van der Waals surface area contributed by atoms with E-state index >= 15 is 0 Å². The fourth-order valence-corrected chi connectivity index (χ4v) is 1.90. The first kappa shape index (κ1) is 12.9. The molecule has 0 saturated heterocycles. The van der Waals surface area contributed by atoms with Crippen LogP contribution >= 0.6 is 0 Å². The van der Waals surface area contributed by atoms with Crippen molar-refractivity contribution in [1.29, 1.82) is 0 Å². The zero-order valence-electron chi connectivity index (χ0n) is 10.8. The zero-order chi connectivity index (χ0) is 12.3. The Kier molecular flexibility index (Phi) is 4.21. The van der Waals surface area contributed by atoms with Crippen molar-refractivity contribution in [3.63, 3.8) is 0 Å². The standard InChI is InChI=1S/C12H21N3O/c1-8(2)11(10(5)16)6-12-13-7-14-15(12)9(3)4/h7-9,11H,6H2,1-5H3. The highest BCUT2D eigenvalue weighted by atomic mass is 16.1. The first-order valence-corrected chi connectivity index (χ1v) is 5.82. The van der Waals surface area contributed by atoms with Crippen molar-refractivity contribution in [2.45, 2.75) is 47.1 Å². The van der Waals surface area contributed by atoms with E-state index in [9.17, 15) is 4.79 Å². The molecule has 1 rings (SSSR count). The summed E-state index contributed by atoms with van der Waals surface area (Å²) in [5, 5.41) is 4.18. The number of rotatable bonds is 5. The number of ketones is 1. The summed E-state index contributed by atoms with van der Waals surface area (Å²) in [6.07, 6.45) is 2.25. The van der Waals surface area contributed by atoms with E-state index in [-0.39, 0.29) is 17.7 Å². The summed E-state index contributed by atoms with van der Waals surface area (Å²) in [5.74, 6) is 1.52. The van der Waals surface area contributed by atoms with E-state index in [1.54, 1.807) is 13.3 Å². The number of carbonyl (C=O) groups excluding carboxylic acids is 1. The first-order chi connectivity index (χ1) is 7.43. The molecule has 0 spiro atoms. The van der Waals surface area contributed by atoms with Gasteiger partial charge in [0, 0.05) is 18.4 Å². The maximum atomic E-state index is 11.5. The fraction of sp³-hybridized carbons (Fsp3) is 0.750. The van der Waals surface area contributed by atoms with Gasteiger partial charge in [-0.3, -0.25) is 4.79 Å². The Morgan fingerprint density at radius 1 is 1.38 bits per heavy atom. The summed E-state index contributed by atoms with van der Waals surface area (Å²) < 4.78 is 1.89. The highest BCUT2D eigenvalue weighted by Gasteiger charge is 2.21. The van der Waals surface area contributed by atoms with Gasteiger partial charge in [-0.2, -0.15) is 5.10 Å². The molecule has 1 aromatic rings. The predicted molar refractivity (Wildman–Crippen MR) is 63.1 cm³/mol. The molecule has 0 saturated carbocycles. The van der Waals surface area contributed by atoms with E-state index in [1.807, 2.05) is 4.68 Å². The van der Waals surface area contributed by atoms with Crippen molar-refractivity contribution < 1.29 is 4.79 Å². The highest BCUT2D eigenvalue weighted by molar-refractivity contribution is 5.78. The van der Waals surface area contributed by atoms with Crippen LogP contribution < -0.4 is 0 Å². The lowest BCUT2D eigenvalue weighted by Crippen LogP contribution is -2.22. The van der Waals surface area contributed by atoms with E-state index in [1.165, 1.54) is 0 Å². The molecule has 4 nitrogen and oxygen atoms in total. The maximum Gasteiger partial charge on any atom is 0.138 e. The lowest BCUT2D eigenvalue weighted by molar-refractivity contribution is -0.122. The van der Waals surface area contributed by atoms with Gasteiger partial charge >= 0.3 is 0 Å². The molecule has 1 heterocycles. The van der Waals surface area contributed by atoms with Crippen molar-refractivity contribution >= 4 is 5.78 Å². The van der Waals surface area contributed by atoms with E-state index in [0.717, 1.165) is 5.82 Å². The lowest BCUT2D eigenvalue weighted by atomic mass is 9.89. The summed E-state index contributed by atoms with van der Waals surface area (Å²) in [4.78, 5) is 15.8. The van der Waals surface area contributed by atoms with Gasteiger partial charge in [0.05, 0.1) is 0 Å². The minimum Gasteiger partial charge on any atom is -0.300 e. The van der Waals surface area contributed by atoms with Crippen LogP contribution in [0.1, 0.15) is 46.5 Å². The van der Waals surface area contributed by atoms with Gasteiger partial charge in [0.1, 0.15) is 17.9 Å². The van der Waals surface area contributed by atoms with Gasteiger partial charge in [-0.25, -0.2) is 9.67 Å². The molecule has 0 fully saturated rings. The van der Waals surface area contributed by atoms with Crippen molar-refractivity contribution in [3.05, 3.63) is 12.2 Å². The molecule has 0 aliphatic heterocycles. The van der Waals surface area contributed by atoms with Crippen LogP contribution in [-0.4, -0.2) is 20.5 Å².